The van der Waals surface area contributed by atoms with Crippen LogP contribution in [0.4, 0.5) is 4.79 Å². The third kappa shape index (κ3) is 5.01. The molecular weight excluding hydrogens is 358 g/mol. The predicted octanol–water partition coefficient (Wildman–Crippen LogP) is 3.17. The lowest BCUT2D eigenvalue weighted by Crippen LogP contribution is -2.37. The van der Waals surface area contributed by atoms with Crippen LogP contribution in [0, 0.1) is 0 Å². The Kier molecular flexibility index (Phi) is 5.97. The van der Waals surface area contributed by atoms with Crippen molar-refractivity contribution in [3.63, 3.8) is 0 Å². The van der Waals surface area contributed by atoms with Gasteiger partial charge in [-0.1, -0.05) is 6.07 Å². The fraction of sp³-hybridized carbons (Fsp3) is 0.389. The Labute approximate surface area is 156 Å². The number of benzene rings is 1. The lowest BCUT2D eigenvalue weighted by atomic mass is 10.2. The van der Waals surface area contributed by atoms with Crippen LogP contribution in [0.3, 0.4) is 0 Å². The Hall–Kier alpha value is -2.48. The summed E-state index contributed by atoms with van der Waals surface area (Å²) >= 11 is 0.747. The van der Waals surface area contributed by atoms with Crippen LogP contribution in [0.2, 0.25) is 0 Å². The quantitative estimate of drug-likeness (QED) is 0.620. The second-order valence-electron chi connectivity index (χ2n) is 6.51. The van der Waals surface area contributed by atoms with Crippen molar-refractivity contribution in [2.24, 2.45) is 0 Å². The summed E-state index contributed by atoms with van der Waals surface area (Å²) in [6.07, 6.45) is 1.52. The first-order valence-corrected chi connectivity index (χ1v) is 8.85. The number of amides is 2. The van der Waals surface area contributed by atoms with Gasteiger partial charge in [0.1, 0.15) is 12.1 Å². The number of nitrogens with zero attached hydrogens (tertiary/aromatic N) is 1. The minimum Gasteiger partial charge on any atom is -0.504 e. The molecule has 1 aliphatic rings. The van der Waals surface area contributed by atoms with Gasteiger partial charge in [0.05, 0.1) is 11.5 Å². The second kappa shape index (κ2) is 7.82. The van der Waals surface area contributed by atoms with Gasteiger partial charge in [-0.15, -0.1) is 0 Å². The van der Waals surface area contributed by atoms with E-state index in [4.69, 9.17) is 9.47 Å². The maximum Gasteiger partial charge on any atom is 0.326 e. The first-order valence-electron chi connectivity index (χ1n) is 8.03. The van der Waals surface area contributed by atoms with Crippen LogP contribution in [0.25, 0.3) is 6.08 Å². The van der Waals surface area contributed by atoms with Crippen LogP contribution in [0.5, 0.6) is 11.5 Å². The Balaban J connectivity index is 2.16. The zero-order valence-corrected chi connectivity index (χ0v) is 15.9. The zero-order valence-electron chi connectivity index (χ0n) is 15.1. The van der Waals surface area contributed by atoms with Crippen molar-refractivity contribution in [3.05, 3.63) is 28.7 Å². The summed E-state index contributed by atoms with van der Waals surface area (Å²) in [6.45, 7) is 6.86. The zero-order chi connectivity index (χ0) is 19.5. The summed E-state index contributed by atoms with van der Waals surface area (Å²) in [5, 5.41) is 9.19. The highest BCUT2D eigenvalue weighted by molar-refractivity contribution is 8.18. The normalized spacial score (nSPS) is 16.3. The lowest BCUT2D eigenvalue weighted by Gasteiger charge is -2.21. The van der Waals surface area contributed by atoms with Gasteiger partial charge in [0.2, 0.25) is 0 Å². The number of hydrogen-bond acceptors (Lipinski definition) is 7. The molecule has 140 valence electrons. The van der Waals surface area contributed by atoms with Crippen molar-refractivity contribution in [2.75, 3.05) is 13.2 Å². The molecule has 1 heterocycles. The number of esters is 1. The molecule has 1 aromatic rings. The molecule has 1 aromatic carbocycles. The number of phenols is 1. The maximum absolute atomic E-state index is 12.4. The summed E-state index contributed by atoms with van der Waals surface area (Å²) in [5.74, 6) is -0.933. The highest BCUT2D eigenvalue weighted by atomic mass is 32.2. The van der Waals surface area contributed by atoms with E-state index < -0.39 is 29.3 Å². The second-order valence-corrected chi connectivity index (χ2v) is 7.51. The Morgan fingerprint density at radius 1 is 1.31 bits per heavy atom. The highest BCUT2D eigenvalue weighted by Crippen LogP contribution is 2.34. The van der Waals surface area contributed by atoms with Crippen molar-refractivity contribution in [1.82, 2.24) is 4.90 Å². The molecule has 0 aromatic heterocycles. The van der Waals surface area contributed by atoms with Gasteiger partial charge < -0.3 is 14.6 Å². The number of carbonyl (C=O) groups is 3. The summed E-state index contributed by atoms with van der Waals surface area (Å²) in [7, 11) is 0. The van der Waals surface area contributed by atoms with E-state index in [2.05, 4.69) is 0 Å². The average Bonchev–Trinajstić information content (AvgIpc) is 2.76. The molecule has 1 N–H and O–H groups in total. The first kappa shape index (κ1) is 19.8. The van der Waals surface area contributed by atoms with Crippen molar-refractivity contribution in [2.45, 2.75) is 33.3 Å². The fourth-order valence-corrected chi connectivity index (χ4v) is 3.02. The molecule has 1 aliphatic heterocycles. The van der Waals surface area contributed by atoms with Gasteiger partial charge in [-0.05, 0) is 63.2 Å². The summed E-state index contributed by atoms with van der Waals surface area (Å²) < 4.78 is 10.4. The molecule has 0 unspecified atom stereocenters. The van der Waals surface area contributed by atoms with Gasteiger partial charge in [-0.25, -0.2) is 0 Å². The topological polar surface area (TPSA) is 93.1 Å². The molecule has 0 aliphatic carbocycles. The van der Waals surface area contributed by atoms with Crippen LogP contribution in [-0.2, 0) is 14.3 Å². The van der Waals surface area contributed by atoms with E-state index >= 15 is 0 Å². The van der Waals surface area contributed by atoms with Crippen LogP contribution >= 0.6 is 11.8 Å². The molecule has 26 heavy (non-hydrogen) atoms. The molecule has 1 fully saturated rings. The molecule has 0 spiro atoms. The van der Waals surface area contributed by atoms with Gasteiger partial charge in [0, 0.05) is 0 Å². The molecule has 2 amide bonds. The number of aromatic hydroxyl groups is 1. The summed E-state index contributed by atoms with van der Waals surface area (Å²) in [5.41, 5.74) is -0.106. The number of imide groups is 1. The molecule has 7 nitrogen and oxygen atoms in total. The largest absolute Gasteiger partial charge is 0.504 e. The van der Waals surface area contributed by atoms with E-state index in [1.165, 1.54) is 12.1 Å². The van der Waals surface area contributed by atoms with E-state index in [0.717, 1.165) is 16.7 Å². The van der Waals surface area contributed by atoms with Crippen molar-refractivity contribution in [3.8, 4) is 11.5 Å². The Morgan fingerprint density at radius 2 is 2.00 bits per heavy atom. The minimum atomic E-state index is -0.698. The average molecular weight is 379 g/mol. The molecule has 8 heteroatoms. The number of carbonyl (C=O) groups excluding carboxylic acids is 3. The number of phenolic OH excluding ortho intramolecular Hbond substituents is 1. The molecular formula is C18H21NO6S. The summed E-state index contributed by atoms with van der Waals surface area (Å²) in [4.78, 5) is 37.4. The predicted molar refractivity (Wildman–Crippen MR) is 97.8 cm³/mol. The van der Waals surface area contributed by atoms with Crippen molar-refractivity contribution in [1.29, 1.82) is 0 Å². The van der Waals surface area contributed by atoms with E-state index in [0.29, 0.717) is 12.2 Å². The van der Waals surface area contributed by atoms with Crippen LogP contribution in [0.1, 0.15) is 33.3 Å². The molecule has 0 atom stereocenters. The molecule has 0 bridgehead atoms. The van der Waals surface area contributed by atoms with Gasteiger partial charge in [-0.2, -0.15) is 0 Å². The monoisotopic (exact) mass is 379 g/mol. The molecule has 0 saturated carbocycles. The number of ether oxygens (including phenoxy) is 2. The molecule has 1 saturated heterocycles. The van der Waals surface area contributed by atoms with E-state index in [1.54, 1.807) is 39.8 Å². The van der Waals surface area contributed by atoms with Crippen LogP contribution < -0.4 is 4.74 Å². The SMILES string of the molecule is CCOc1cc(/C=C2\SC(=O)N(CC(=O)OC(C)(C)C)C2=O)ccc1O. The van der Waals surface area contributed by atoms with E-state index in [9.17, 15) is 19.5 Å². The maximum atomic E-state index is 12.4. The number of hydrogen-bond donors (Lipinski definition) is 1. The Morgan fingerprint density at radius 3 is 2.62 bits per heavy atom. The number of rotatable bonds is 5. The van der Waals surface area contributed by atoms with Gasteiger partial charge in [0.15, 0.2) is 11.5 Å². The third-order valence-electron chi connectivity index (χ3n) is 3.16. The Bertz CT molecular complexity index is 765. The number of thioether (sulfide) groups is 1. The van der Waals surface area contributed by atoms with E-state index in [-0.39, 0.29) is 16.4 Å². The summed E-state index contributed by atoms with van der Waals surface area (Å²) in [6, 6.07) is 4.61. The molecule has 0 radical (unpaired) electrons. The van der Waals surface area contributed by atoms with Crippen molar-refractivity contribution >= 4 is 35.0 Å². The third-order valence-corrected chi connectivity index (χ3v) is 4.07. The standard InChI is InChI=1S/C18H21NO6S/c1-5-24-13-8-11(6-7-12(13)20)9-14-16(22)19(17(23)26-14)10-15(21)25-18(2,3)4/h6-9,20H,5,10H2,1-4H3/b14-9-. The fourth-order valence-electron chi connectivity index (χ4n) is 2.18. The lowest BCUT2D eigenvalue weighted by molar-refractivity contribution is -0.156. The van der Waals surface area contributed by atoms with E-state index in [1.807, 2.05) is 0 Å². The van der Waals surface area contributed by atoms with Crippen LogP contribution in [0.15, 0.2) is 23.1 Å². The van der Waals surface area contributed by atoms with Gasteiger partial charge in [-0.3, -0.25) is 19.3 Å². The molecule has 2 rings (SSSR count). The smallest absolute Gasteiger partial charge is 0.326 e. The minimum absolute atomic E-state index is 0.0120. The van der Waals surface area contributed by atoms with Gasteiger partial charge >= 0.3 is 5.97 Å². The highest BCUT2D eigenvalue weighted by Gasteiger charge is 2.37. The van der Waals surface area contributed by atoms with Crippen molar-refractivity contribution < 1.29 is 29.0 Å². The first-order chi connectivity index (χ1) is 12.1. The van der Waals surface area contributed by atoms with Crippen LogP contribution in [-0.4, -0.2) is 45.9 Å². The van der Waals surface area contributed by atoms with Gasteiger partial charge in [0.25, 0.3) is 11.1 Å².